The number of nitrogens with zero attached hydrogens (tertiary/aromatic N) is 1. The smallest absolute Gasteiger partial charge is 0.331 e. The van der Waals surface area contributed by atoms with E-state index < -0.39 is 5.97 Å². The summed E-state index contributed by atoms with van der Waals surface area (Å²) in [5, 5.41) is 15.2. The predicted molar refractivity (Wildman–Crippen MR) is 117 cm³/mol. The zero-order valence-corrected chi connectivity index (χ0v) is 17.6. The number of carbonyl (C=O) groups is 1. The van der Waals surface area contributed by atoms with Crippen LogP contribution in [-0.4, -0.2) is 22.1 Å². The number of allylic oxidation sites excluding steroid dienone is 1. The average Bonchev–Trinajstić information content (AvgIpc) is 3.28. The van der Waals surface area contributed by atoms with Gasteiger partial charge in [0, 0.05) is 39.9 Å². The number of nitrogens with one attached hydrogen (secondary N) is 1. The number of nitrogens with two attached hydrogens (primary N) is 1. The number of rotatable bonds is 5. The topological polar surface area (TPSA) is 88.2 Å². The molecule has 5 nitrogen and oxygen atoms in total. The molecule has 1 aliphatic rings. The molecule has 2 atom stereocenters. The maximum atomic E-state index is 11.2. The number of anilines is 1. The molecular formula is C20H20ClN3O2S2. The van der Waals surface area contributed by atoms with Crippen molar-refractivity contribution in [2.24, 2.45) is 5.73 Å². The third-order valence-electron chi connectivity index (χ3n) is 5.11. The van der Waals surface area contributed by atoms with Gasteiger partial charge in [-0.05, 0) is 36.8 Å². The molecular weight excluding hydrogens is 414 g/mol. The highest BCUT2D eigenvalue weighted by Crippen LogP contribution is 2.43. The second-order valence-corrected chi connectivity index (χ2v) is 9.41. The maximum Gasteiger partial charge on any atom is 0.331 e. The standard InChI is InChI=1S/C20H20ClN3O2S2/c1-10-17-19(15(8-16(21)24-17)23-9-12-3-2-6-27-12)28-18(10)13-5-4-11(20(25)26)7-14(13)22/h2-4,6,8,13-14H,5,7,9,22H2,1H3,(H,23,24)(H,25,26)/t13-,14-/m0/s1. The van der Waals surface area contributed by atoms with Crippen molar-refractivity contribution in [3.63, 3.8) is 0 Å². The number of carboxylic acids is 1. The van der Waals surface area contributed by atoms with Crippen LogP contribution in [0.25, 0.3) is 10.2 Å². The van der Waals surface area contributed by atoms with Gasteiger partial charge >= 0.3 is 5.97 Å². The number of fused-ring (bicyclic) bond motifs is 1. The third-order valence-corrected chi connectivity index (χ3v) is 7.63. The Labute approximate surface area is 175 Å². The maximum absolute atomic E-state index is 11.2. The Morgan fingerprint density at radius 1 is 1.50 bits per heavy atom. The van der Waals surface area contributed by atoms with Crippen LogP contribution in [0.5, 0.6) is 0 Å². The van der Waals surface area contributed by atoms with E-state index in [4.69, 9.17) is 17.3 Å². The van der Waals surface area contributed by atoms with E-state index in [0.717, 1.165) is 32.9 Å². The molecule has 0 aliphatic heterocycles. The van der Waals surface area contributed by atoms with Crippen molar-refractivity contribution < 1.29 is 9.90 Å². The zero-order chi connectivity index (χ0) is 19.8. The molecule has 146 valence electrons. The summed E-state index contributed by atoms with van der Waals surface area (Å²) in [6.45, 7) is 2.77. The van der Waals surface area contributed by atoms with Gasteiger partial charge in [-0.2, -0.15) is 0 Å². The first-order valence-corrected chi connectivity index (χ1v) is 11.0. The van der Waals surface area contributed by atoms with Gasteiger partial charge < -0.3 is 16.2 Å². The fourth-order valence-electron chi connectivity index (χ4n) is 3.64. The number of pyridine rings is 1. The van der Waals surface area contributed by atoms with Crippen LogP contribution in [0.15, 0.2) is 35.2 Å². The monoisotopic (exact) mass is 433 g/mol. The Hall–Kier alpha value is -1.93. The highest BCUT2D eigenvalue weighted by Gasteiger charge is 2.30. The van der Waals surface area contributed by atoms with E-state index in [9.17, 15) is 9.90 Å². The quantitative estimate of drug-likeness (QED) is 0.484. The first kappa shape index (κ1) is 19.4. The summed E-state index contributed by atoms with van der Waals surface area (Å²) >= 11 is 9.68. The third kappa shape index (κ3) is 3.67. The summed E-state index contributed by atoms with van der Waals surface area (Å²) in [6.07, 6.45) is 2.81. The number of thiophene rings is 2. The van der Waals surface area contributed by atoms with E-state index in [1.165, 1.54) is 4.88 Å². The molecule has 0 spiro atoms. The number of halogens is 1. The summed E-state index contributed by atoms with van der Waals surface area (Å²) in [5.41, 5.74) is 9.70. The normalized spacial score (nSPS) is 19.6. The summed E-state index contributed by atoms with van der Waals surface area (Å²) in [7, 11) is 0. The van der Waals surface area contributed by atoms with Crippen molar-refractivity contribution in [1.82, 2.24) is 4.98 Å². The molecule has 28 heavy (non-hydrogen) atoms. The molecule has 0 unspecified atom stereocenters. The first-order chi connectivity index (χ1) is 13.4. The van der Waals surface area contributed by atoms with Gasteiger partial charge in [-0.1, -0.05) is 23.7 Å². The summed E-state index contributed by atoms with van der Waals surface area (Å²) in [4.78, 5) is 18.2. The van der Waals surface area contributed by atoms with Crippen molar-refractivity contribution in [1.29, 1.82) is 0 Å². The molecule has 4 rings (SSSR count). The molecule has 3 heterocycles. The summed E-state index contributed by atoms with van der Waals surface area (Å²) < 4.78 is 1.06. The molecule has 0 bridgehead atoms. The van der Waals surface area contributed by atoms with Crippen LogP contribution in [0, 0.1) is 6.92 Å². The fourth-order valence-corrected chi connectivity index (χ4v) is 5.91. The van der Waals surface area contributed by atoms with Gasteiger partial charge in [-0.15, -0.1) is 22.7 Å². The Kier molecular flexibility index (Phi) is 5.42. The number of carboxylic acid groups (broad SMARTS) is 1. The summed E-state index contributed by atoms with van der Waals surface area (Å²) in [6, 6.07) is 5.77. The van der Waals surface area contributed by atoms with Crippen molar-refractivity contribution in [3.8, 4) is 0 Å². The highest BCUT2D eigenvalue weighted by atomic mass is 35.5. The summed E-state index contributed by atoms with van der Waals surface area (Å²) in [5.74, 6) is -0.790. The highest BCUT2D eigenvalue weighted by molar-refractivity contribution is 7.20. The van der Waals surface area contributed by atoms with Crippen molar-refractivity contribution in [3.05, 3.63) is 55.7 Å². The lowest BCUT2D eigenvalue weighted by atomic mass is 9.83. The number of hydrogen-bond donors (Lipinski definition) is 3. The van der Waals surface area contributed by atoms with Crippen LogP contribution in [-0.2, 0) is 11.3 Å². The van der Waals surface area contributed by atoms with Crippen molar-refractivity contribution >= 4 is 56.1 Å². The molecule has 0 amide bonds. The number of aryl methyl sites for hydroxylation is 1. The first-order valence-electron chi connectivity index (χ1n) is 8.97. The minimum absolute atomic E-state index is 0.0891. The molecule has 0 fully saturated rings. The molecule has 1 aliphatic carbocycles. The molecule has 3 aromatic rings. The molecule has 3 aromatic heterocycles. The van der Waals surface area contributed by atoms with Crippen LogP contribution in [0.2, 0.25) is 5.15 Å². The molecule has 8 heteroatoms. The van der Waals surface area contributed by atoms with Gasteiger partial charge in [0.2, 0.25) is 0 Å². The van der Waals surface area contributed by atoms with Gasteiger partial charge in [0.25, 0.3) is 0 Å². The fraction of sp³-hybridized carbons (Fsp3) is 0.300. The predicted octanol–water partition coefficient (Wildman–Crippen LogP) is 5.15. The van der Waals surface area contributed by atoms with Crippen LogP contribution in [0.4, 0.5) is 5.69 Å². The Balaban J connectivity index is 1.70. The number of hydrogen-bond acceptors (Lipinski definition) is 6. The second-order valence-electron chi connectivity index (χ2n) is 6.94. The minimum atomic E-state index is -0.879. The van der Waals surface area contributed by atoms with Gasteiger partial charge in [-0.3, -0.25) is 0 Å². The van der Waals surface area contributed by atoms with Crippen LogP contribution in [0.1, 0.15) is 34.1 Å². The molecule has 4 N–H and O–H groups in total. The molecule has 0 radical (unpaired) electrons. The largest absolute Gasteiger partial charge is 0.478 e. The van der Waals surface area contributed by atoms with E-state index in [-0.39, 0.29) is 12.0 Å². The van der Waals surface area contributed by atoms with Crippen LogP contribution in [0.3, 0.4) is 0 Å². The lowest BCUT2D eigenvalue weighted by Crippen LogP contribution is -2.32. The lowest BCUT2D eigenvalue weighted by molar-refractivity contribution is -0.133. The van der Waals surface area contributed by atoms with Crippen LogP contribution >= 0.6 is 34.3 Å². The van der Waals surface area contributed by atoms with E-state index >= 15 is 0 Å². The van der Waals surface area contributed by atoms with Gasteiger partial charge in [-0.25, -0.2) is 9.78 Å². The Morgan fingerprint density at radius 2 is 2.32 bits per heavy atom. The minimum Gasteiger partial charge on any atom is -0.478 e. The van der Waals surface area contributed by atoms with E-state index in [0.29, 0.717) is 23.6 Å². The van der Waals surface area contributed by atoms with Gasteiger partial charge in [0.15, 0.2) is 0 Å². The Bertz CT molecular complexity index is 1060. The molecule has 0 saturated heterocycles. The number of aromatic nitrogens is 1. The lowest BCUT2D eigenvalue weighted by Gasteiger charge is -2.27. The molecule has 0 aromatic carbocycles. The SMILES string of the molecule is Cc1c([C@H]2CC=C(C(=O)O)C[C@@H]2N)sc2c(NCc3cccs3)cc(Cl)nc12. The zero-order valence-electron chi connectivity index (χ0n) is 15.2. The number of aliphatic carboxylic acids is 1. The average molecular weight is 434 g/mol. The second kappa shape index (κ2) is 7.83. The van der Waals surface area contributed by atoms with Gasteiger partial charge in [0.05, 0.1) is 15.9 Å². The van der Waals surface area contributed by atoms with Gasteiger partial charge in [0.1, 0.15) is 5.15 Å². The Morgan fingerprint density at radius 3 is 3.00 bits per heavy atom. The van der Waals surface area contributed by atoms with Crippen molar-refractivity contribution in [2.45, 2.75) is 38.3 Å². The van der Waals surface area contributed by atoms with E-state index in [2.05, 4.69) is 21.7 Å². The van der Waals surface area contributed by atoms with E-state index in [1.807, 2.05) is 19.1 Å². The molecule has 0 saturated carbocycles. The van der Waals surface area contributed by atoms with E-state index in [1.54, 1.807) is 28.7 Å². The van der Waals surface area contributed by atoms with Crippen LogP contribution < -0.4 is 11.1 Å². The van der Waals surface area contributed by atoms with Crippen molar-refractivity contribution in [2.75, 3.05) is 5.32 Å².